The Hall–Kier alpha value is -0.870. The van der Waals surface area contributed by atoms with Gasteiger partial charge in [-0.25, -0.2) is 8.78 Å². The molecule has 2 atom stereocenters. The minimum absolute atomic E-state index is 0.0459. The summed E-state index contributed by atoms with van der Waals surface area (Å²) in [7, 11) is 0. The molecule has 0 amide bonds. The summed E-state index contributed by atoms with van der Waals surface area (Å²) >= 11 is 6.03. The number of rotatable bonds is 2. The summed E-state index contributed by atoms with van der Waals surface area (Å²) in [5.74, 6) is -1.19. The lowest BCUT2D eigenvalue weighted by atomic mass is 10.1. The molecule has 1 saturated heterocycles. The van der Waals surface area contributed by atoms with Crippen LogP contribution in [-0.4, -0.2) is 24.6 Å². The van der Waals surface area contributed by atoms with Crippen molar-refractivity contribution in [2.45, 2.75) is 17.8 Å². The molecule has 2 unspecified atom stereocenters. The van der Waals surface area contributed by atoms with E-state index >= 15 is 0 Å². The standard InChI is InChI=1S/C11H12ClF2NO/c12-8-6-16-4-3-10(8)15-11-2-1-7(13)5-9(11)14/h1-2,5,8,10,15H,3-4,6H2. The third kappa shape index (κ3) is 2.62. The highest BCUT2D eigenvalue weighted by Crippen LogP contribution is 2.21. The Bertz CT molecular complexity index is 375. The number of alkyl halides is 1. The lowest BCUT2D eigenvalue weighted by molar-refractivity contribution is 0.0935. The van der Waals surface area contributed by atoms with Gasteiger partial charge in [-0.2, -0.15) is 0 Å². The van der Waals surface area contributed by atoms with Crippen LogP contribution >= 0.6 is 11.6 Å². The molecule has 1 aromatic carbocycles. The molecule has 1 N–H and O–H groups in total. The zero-order chi connectivity index (χ0) is 11.5. The van der Waals surface area contributed by atoms with E-state index in [4.69, 9.17) is 16.3 Å². The fourth-order valence-corrected chi connectivity index (χ4v) is 1.95. The number of anilines is 1. The van der Waals surface area contributed by atoms with Crippen molar-refractivity contribution in [3.05, 3.63) is 29.8 Å². The predicted molar refractivity (Wildman–Crippen MR) is 58.8 cm³/mol. The molecule has 0 aromatic heterocycles. The number of halogens is 3. The summed E-state index contributed by atoms with van der Waals surface area (Å²) < 4.78 is 31.2. The first kappa shape index (κ1) is 11.6. The summed E-state index contributed by atoms with van der Waals surface area (Å²) in [6.07, 6.45) is 0.713. The van der Waals surface area contributed by atoms with Crippen LogP contribution < -0.4 is 5.32 Å². The highest BCUT2D eigenvalue weighted by atomic mass is 35.5. The average molecular weight is 248 g/mol. The Morgan fingerprint density at radius 3 is 2.88 bits per heavy atom. The molecule has 2 nitrogen and oxygen atoms in total. The third-order valence-electron chi connectivity index (χ3n) is 2.56. The molecule has 0 saturated carbocycles. The van der Waals surface area contributed by atoms with Gasteiger partial charge in [-0.15, -0.1) is 11.6 Å². The fraction of sp³-hybridized carbons (Fsp3) is 0.455. The second kappa shape index (κ2) is 4.97. The van der Waals surface area contributed by atoms with E-state index in [0.29, 0.717) is 19.6 Å². The minimum atomic E-state index is -0.602. The van der Waals surface area contributed by atoms with Gasteiger partial charge in [-0.1, -0.05) is 0 Å². The van der Waals surface area contributed by atoms with E-state index in [0.717, 1.165) is 6.07 Å². The van der Waals surface area contributed by atoms with E-state index in [1.165, 1.54) is 12.1 Å². The van der Waals surface area contributed by atoms with Crippen LogP contribution in [0.5, 0.6) is 0 Å². The maximum atomic E-state index is 13.4. The number of benzene rings is 1. The molecule has 16 heavy (non-hydrogen) atoms. The first-order valence-corrected chi connectivity index (χ1v) is 5.54. The zero-order valence-electron chi connectivity index (χ0n) is 8.55. The van der Waals surface area contributed by atoms with Gasteiger partial charge < -0.3 is 10.1 Å². The van der Waals surface area contributed by atoms with Crippen molar-refractivity contribution >= 4 is 17.3 Å². The lowest BCUT2D eigenvalue weighted by Gasteiger charge is -2.28. The summed E-state index contributed by atoms with van der Waals surface area (Å²) in [5.41, 5.74) is 0.277. The van der Waals surface area contributed by atoms with Crippen molar-refractivity contribution in [3.63, 3.8) is 0 Å². The van der Waals surface area contributed by atoms with Crippen molar-refractivity contribution in [1.29, 1.82) is 0 Å². The molecule has 0 radical (unpaired) electrons. The molecule has 1 fully saturated rings. The molecule has 0 aliphatic carbocycles. The van der Waals surface area contributed by atoms with Crippen LogP contribution in [0.1, 0.15) is 6.42 Å². The second-order valence-corrected chi connectivity index (χ2v) is 4.32. The molecule has 2 rings (SSSR count). The molecule has 1 aliphatic heterocycles. The molecule has 0 bridgehead atoms. The number of nitrogens with one attached hydrogen (secondary N) is 1. The first-order chi connectivity index (χ1) is 7.66. The van der Waals surface area contributed by atoms with Crippen LogP contribution in [0.2, 0.25) is 0 Å². The van der Waals surface area contributed by atoms with Crippen LogP contribution in [0.25, 0.3) is 0 Å². The Morgan fingerprint density at radius 1 is 1.38 bits per heavy atom. The molecule has 5 heteroatoms. The molecule has 1 heterocycles. The van der Waals surface area contributed by atoms with Gasteiger partial charge in [-0.05, 0) is 18.6 Å². The highest BCUT2D eigenvalue weighted by Gasteiger charge is 2.24. The summed E-state index contributed by atoms with van der Waals surface area (Å²) in [5, 5.41) is 2.78. The Labute approximate surface area is 97.5 Å². The largest absolute Gasteiger partial charge is 0.380 e. The Kier molecular flexibility index (Phi) is 3.61. The van der Waals surface area contributed by atoms with Crippen molar-refractivity contribution in [1.82, 2.24) is 0 Å². The van der Waals surface area contributed by atoms with Crippen molar-refractivity contribution in [2.24, 2.45) is 0 Å². The summed E-state index contributed by atoms with van der Waals surface area (Å²) in [4.78, 5) is 0. The quantitative estimate of drug-likeness (QED) is 0.812. The highest BCUT2D eigenvalue weighted by molar-refractivity contribution is 6.21. The summed E-state index contributed by atoms with van der Waals surface area (Å²) in [6.45, 7) is 1.05. The maximum absolute atomic E-state index is 13.4. The molecule has 0 spiro atoms. The van der Waals surface area contributed by atoms with Crippen LogP contribution in [0.4, 0.5) is 14.5 Å². The predicted octanol–water partition coefficient (Wildman–Crippen LogP) is 2.77. The SMILES string of the molecule is Fc1ccc(NC2CCOCC2Cl)c(F)c1. The normalized spacial score (nSPS) is 25.4. The van der Waals surface area contributed by atoms with Gasteiger partial charge in [0.25, 0.3) is 0 Å². The van der Waals surface area contributed by atoms with E-state index in [1.54, 1.807) is 0 Å². The van der Waals surface area contributed by atoms with E-state index < -0.39 is 11.6 Å². The van der Waals surface area contributed by atoms with E-state index in [1.807, 2.05) is 0 Å². The van der Waals surface area contributed by atoms with Gasteiger partial charge in [0.2, 0.25) is 0 Å². The topological polar surface area (TPSA) is 21.3 Å². The third-order valence-corrected chi connectivity index (χ3v) is 2.99. The lowest BCUT2D eigenvalue weighted by Crippen LogP contribution is -2.38. The van der Waals surface area contributed by atoms with Gasteiger partial charge in [-0.3, -0.25) is 0 Å². The van der Waals surface area contributed by atoms with Crippen LogP contribution in [0, 0.1) is 11.6 Å². The Morgan fingerprint density at radius 2 is 2.19 bits per heavy atom. The monoisotopic (exact) mass is 247 g/mol. The van der Waals surface area contributed by atoms with Gasteiger partial charge >= 0.3 is 0 Å². The van der Waals surface area contributed by atoms with E-state index in [-0.39, 0.29) is 17.1 Å². The Balaban J connectivity index is 2.07. The molecule has 1 aromatic rings. The number of ether oxygens (including phenoxy) is 1. The van der Waals surface area contributed by atoms with Gasteiger partial charge in [0, 0.05) is 18.7 Å². The maximum Gasteiger partial charge on any atom is 0.149 e. The van der Waals surface area contributed by atoms with Gasteiger partial charge in [0.05, 0.1) is 17.7 Å². The molecular formula is C11H12ClF2NO. The van der Waals surface area contributed by atoms with E-state index in [2.05, 4.69) is 5.32 Å². The van der Waals surface area contributed by atoms with Gasteiger partial charge in [0.15, 0.2) is 0 Å². The van der Waals surface area contributed by atoms with Crippen LogP contribution in [-0.2, 0) is 4.74 Å². The first-order valence-electron chi connectivity index (χ1n) is 5.10. The zero-order valence-corrected chi connectivity index (χ0v) is 9.31. The smallest absolute Gasteiger partial charge is 0.149 e. The molecule has 1 aliphatic rings. The van der Waals surface area contributed by atoms with Crippen LogP contribution in [0.15, 0.2) is 18.2 Å². The summed E-state index contributed by atoms with van der Waals surface area (Å²) in [6, 6.07) is 3.40. The van der Waals surface area contributed by atoms with Crippen LogP contribution in [0.3, 0.4) is 0 Å². The second-order valence-electron chi connectivity index (χ2n) is 3.75. The van der Waals surface area contributed by atoms with Crippen molar-refractivity contribution in [2.75, 3.05) is 18.5 Å². The fourth-order valence-electron chi connectivity index (χ4n) is 1.67. The minimum Gasteiger partial charge on any atom is -0.380 e. The molecular weight excluding hydrogens is 236 g/mol. The average Bonchev–Trinajstić information content (AvgIpc) is 2.25. The number of hydrogen-bond acceptors (Lipinski definition) is 2. The molecule has 88 valence electrons. The number of hydrogen-bond donors (Lipinski definition) is 1. The van der Waals surface area contributed by atoms with Crippen molar-refractivity contribution in [3.8, 4) is 0 Å². The van der Waals surface area contributed by atoms with E-state index in [9.17, 15) is 8.78 Å². The van der Waals surface area contributed by atoms with Gasteiger partial charge in [0.1, 0.15) is 11.6 Å². The van der Waals surface area contributed by atoms with Crippen molar-refractivity contribution < 1.29 is 13.5 Å².